The normalized spacial score (nSPS) is 10.7. The van der Waals surface area contributed by atoms with Crippen molar-refractivity contribution in [2.24, 2.45) is 0 Å². The Balaban J connectivity index is -0.000000219. The van der Waals surface area contributed by atoms with Crippen LogP contribution in [0.15, 0.2) is 35.9 Å². The first-order valence-corrected chi connectivity index (χ1v) is 12.7. The average Bonchev–Trinajstić information content (AvgIpc) is 3.07. The van der Waals surface area contributed by atoms with Crippen molar-refractivity contribution in [3.63, 3.8) is 0 Å². The maximum Gasteiger partial charge on any atom is 0.116 e. The first-order chi connectivity index (χ1) is 12.6. The van der Waals surface area contributed by atoms with Gasteiger partial charge in [0.1, 0.15) is 5.75 Å². The van der Waals surface area contributed by atoms with Crippen LogP contribution in [0.3, 0.4) is 0 Å². The number of hydrogen-bond acceptors (Lipinski definition) is 1. The number of halogens is 2. The third-order valence-corrected chi connectivity index (χ3v) is 4.04. The fourth-order valence-electron chi connectivity index (χ4n) is 2.70. The Labute approximate surface area is 210 Å². The summed E-state index contributed by atoms with van der Waals surface area (Å²) in [7, 11) is 0.750. The minimum absolute atomic E-state index is 0. The van der Waals surface area contributed by atoms with Gasteiger partial charge in [-0.1, -0.05) is 65.6 Å². The van der Waals surface area contributed by atoms with Crippen LogP contribution in [0.1, 0.15) is 76.8 Å². The van der Waals surface area contributed by atoms with Crippen molar-refractivity contribution in [3.8, 4) is 5.75 Å². The summed E-state index contributed by atoms with van der Waals surface area (Å²) in [5, 5.41) is 9.71. The molecule has 0 heterocycles. The van der Waals surface area contributed by atoms with Crippen LogP contribution in [0.4, 0.5) is 0 Å². The van der Waals surface area contributed by atoms with E-state index in [-0.39, 0.29) is 46.5 Å². The number of rotatable bonds is 8. The summed E-state index contributed by atoms with van der Waals surface area (Å²) in [6.07, 6.45) is 18.1. The van der Waals surface area contributed by atoms with Gasteiger partial charge >= 0.3 is 0 Å². The number of phenols is 1. The minimum atomic E-state index is 0. The molecule has 0 aromatic heterocycles. The fraction of sp³-hybridized carbons (Fsp3) is 0.583. The summed E-state index contributed by atoms with van der Waals surface area (Å²) in [6, 6.07) is 6.10. The molecule has 1 aromatic rings. The van der Waals surface area contributed by atoms with Crippen molar-refractivity contribution in [3.05, 3.63) is 53.1 Å². The molecule has 1 radical (unpaired) electrons. The molecule has 0 fully saturated rings. The van der Waals surface area contributed by atoms with E-state index in [1.165, 1.54) is 55.2 Å². The molecule has 0 bridgehead atoms. The quantitative estimate of drug-likeness (QED) is 0.222. The Bertz CT molecular complexity index is 503. The SMILES string of the molecule is CC1=[C-]CC=C1.CCCCCc1cc(O)cc(CCCCC)c1.C[SiH]C.Cl.Cl.[Ti]. The van der Waals surface area contributed by atoms with Crippen LogP contribution in [-0.4, -0.2) is 14.6 Å². The number of unbranched alkanes of at least 4 members (excludes halogenated alkanes) is 4. The van der Waals surface area contributed by atoms with E-state index in [1.807, 2.05) is 12.1 Å². The Morgan fingerprint density at radius 1 is 0.897 bits per heavy atom. The molecule has 2 rings (SSSR count). The number of phenolic OH excluding ortho intramolecular Hbond substituents is 1. The smallest absolute Gasteiger partial charge is 0.116 e. The average molecular weight is 493 g/mol. The third kappa shape index (κ3) is 22.5. The number of allylic oxidation sites excluding steroid dienone is 4. The van der Waals surface area contributed by atoms with E-state index < -0.39 is 0 Å². The van der Waals surface area contributed by atoms with E-state index in [2.05, 4.69) is 58.2 Å². The topological polar surface area (TPSA) is 20.2 Å². The number of aryl methyl sites for hydroxylation is 2. The maximum atomic E-state index is 9.71. The van der Waals surface area contributed by atoms with Crippen LogP contribution in [0, 0.1) is 6.08 Å². The molecule has 1 N–H and O–H groups in total. The van der Waals surface area contributed by atoms with Gasteiger partial charge in [-0.25, -0.2) is 11.6 Å². The molecule has 29 heavy (non-hydrogen) atoms. The summed E-state index contributed by atoms with van der Waals surface area (Å²) in [4.78, 5) is 0. The predicted molar refractivity (Wildman–Crippen MR) is 134 cm³/mol. The molecule has 0 aliphatic heterocycles. The van der Waals surface area contributed by atoms with E-state index in [0.29, 0.717) is 5.75 Å². The zero-order valence-electron chi connectivity index (χ0n) is 19.1. The van der Waals surface area contributed by atoms with Gasteiger partial charge in [0.15, 0.2) is 0 Å². The molecule has 0 unspecified atom stereocenters. The molecule has 0 amide bonds. The van der Waals surface area contributed by atoms with E-state index in [9.17, 15) is 5.11 Å². The van der Waals surface area contributed by atoms with E-state index in [1.54, 1.807) is 0 Å². The zero-order valence-corrected chi connectivity index (χ0v) is 23.4. The fourth-order valence-corrected chi connectivity index (χ4v) is 2.70. The van der Waals surface area contributed by atoms with Gasteiger partial charge in [0.05, 0.1) is 0 Å². The standard InChI is InChI=1S/C16H26O.C6H7.C2H7Si.2ClH.Ti/c1-3-5-7-9-14-11-15(10-8-6-4-2)13-16(17)12-14;1-6-4-2-3-5-6;1-3-2;;;/h11-13,17H,3-10H2,1-2H3;2,4H,3H2,1H3;3H,1-2H3;2*1H;/q;-1;;;;. The monoisotopic (exact) mass is 492 g/mol. The summed E-state index contributed by atoms with van der Waals surface area (Å²) in [5.74, 6) is 0.436. The van der Waals surface area contributed by atoms with Gasteiger partial charge in [0, 0.05) is 31.2 Å². The van der Waals surface area contributed by atoms with Gasteiger partial charge in [-0.15, -0.1) is 31.2 Å². The molecule has 0 saturated carbocycles. The van der Waals surface area contributed by atoms with Crippen LogP contribution in [0.5, 0.6) is 5.75 Å². The van der Waals surface area contributed by atoms with Gasteiger partial charge in [0.25, 0.3) is 0 Å². The Hall–Kier alpha value is 0.0112. The molecule has 1 aromatic carbocycles. The molecule has 1 aliphatic rings. The van der Waals surface area contributed by atoms with Crippen LogP contribution in [0.2, 0.25) is 13.1 Å². The van der Waals surface area contributed by atoms with Crippen LogP contribution < -0.4 is 0 Å². The second-order valence-electron chi connectivity index (χ2n) is 6.97. The van der Waals surface area contributed by atoms with Crippen molar-refractivity contribution in [1.82, 2.24) is 0 Å². The predicted octanol–water partition coefficient (Wildman–Crippen LogP) is 7.91. The molecule has 0 saturated heterocycles. The van der Waals surface area contributed by atoms with Crippen LogP contribution >= 0.6 is 24.8 Å². The Morgan fingerprint density at radius 2 is 1.34 bits per heavy atom. The number of aromatic hydroxyl groups is 1. The van der Waals surface area contributed by atoms with Crippen molar-refractivity contribution >= 4 is 34.3 Å². The molecule has 0 spiro atoms. The Morgan fingerprint density at radius 3 is 1.62 bits per heavy atom. The maximum absolute atomic E-state index is 9.71. The molecule has 1 nitrogen and oxygen atoms in total. The summed E-state index contributed by atoms with van der Waals surface area (Å²) in [6.45, 7) is 10.9. The van der Waals surface area contributed by atoms with Crippen LogP contribution in [-0.2, 0) is 34.6 Å². The summed E-state index contributed by atoms with van der Waals surface area (Å²) >= 11 is 0. The number of benzene rings is 1. The third-order valence-electron chi connectivity index (χ3n) is 4.04. The van der Waals surface area contributed by atoms with Gasteiger partial charge in [-0.2, -0.15) is 6.08 Å². The Kier molecular flexibility index (Phi) is 32.7. The summed E-state index contributed by atoms with van der Waals surface area (Å²) < 4.78 is 0. The second-order valence-corrected chi connectivity index (χ2v) is 8.12. The van der Waals surface area contributed by atoms with Gasteiger partial charge < -0.3 is 5.11 Å². The molecular formula is C24H42Cl2OSiTi-. The van der Waals surface area contributed by atoms with E-state index in [0.717, 1.165) is 28.8 Å². The van der Waals surface area contributed by atoms with Crippen LogP contribution in [0.25, 0.3) is 0 Å². The molecule has 5 heteroatoms. The molecule has 1 aliphatic carbocycles. The van der Waals surface area contributed by atoms with Crippen molar-refractivity contribution in [2.45, 2.75) is 91.7 Å². The molecule has 0 atom stereocenters. The van der Waals surface area contributed by atoms with Crippen molar-refractivity contribution < 1.29 is 26.8 Å². The largest absolute Gasteiger partial charge is 0.508 e. The minimum Gasteiger partial charge on any atom is -0.508 e. The van der Waals surface area contributed by atoms with E-state index in [4.69, 9.17) is 0 Å². The first kappa shape index (κ1) is 36.4. The first-order valence-electron chi connectivity index (χ1n) is 10.4. The zero-order chi connectivity index (χ0) is 19.6. The molecule has 167 valence electrons. The second kappa shape index (κ2) is 26.0. The summed E-state index contributed by atoms with van der Waals surface area (Å²) in [5.41, 5.74) is 3.87. The van der Waals surface area contributed by atoms with Crippen molar-refractivity contribution in [2.75, 3.05) is 0 Å². The molecular weight excluding hydrogens is 451 g/mol. The van der Waals surface area contributed by atoms with Crippen molar-refractivity contribution in [1.29, 1.82) is 0 Å². The van der Waals surface area contributed by atoms with Gasteiger partial charge in [0.2, 0.25) is 0 Å². The van der Waals surface area contributed by atoms with E-state index >= 15 is 0 Å². The number of hydrogen-bond donors (Lipinski definition) is 1. The van der Waals surface area contributed by atoms with Gasteiger partial charge in [-0.3, -0.25) is 6.08 Å². The van der Waals surface area contributed by atoms with Gasteiger partial charge in [-0.05, 0) is 48.9 Å².